The lowest BCUT2D eigenvalue weighted by molar-refractivity contribution is -0.123. The molecule has 1 N–H and O–H groups in total. The third-order valence-electron chi connectivity index (χ3n) is 3.83. The van der Waals surface area contributed by atoms with Crippen molar-refractivity contribution in [3.8, 4) is 5.75 Å². The summed E-state index contributed by atoms with van der Waals surface area (Å²) >= 11 is 24.1. The van der Waals surface area contributed by atoms with Crippen LogP contribution in [0.25, 0.3) is 6.08 Å². The zero-order valence-corrected chi connectivity index (χ0v) is 19.3. The highest BCUT2D eigenvalue weighted by atomic mass is 35.6. The molecule has 0 bridgehead atoms. The summed E-state index contributed by atoms with van der Waals surface area (Å²) in [5.41, 5.74) is 0.755. The second-order valence-corrected chi connectivity index (χ2v) is 10.2. The number of ether oxygens (including phenoxy) is 1. The number of halogens is 3. The highest BCUT2D eigenvalue weighted by molar-refractivity contribution is 8.26. The Morgan fingerprint density at radius 3 is 2.60 bits per heavy atom. The van der Waals surface area contributed by atoms with Crippen LogP contribution >= 0.6 is 58.8 Å². The number of hydrogen-bond donors (Lipinski definition) is 1. The van der Waals surface area contributed by atoms with Crippen molar-refractivity contribution in [1.29, 1.82) is 0 Å². The van der Waals surface area contributed by atoms with Crippen molar-refractivity contribution in [3.05, 3.63) is 58.9 Å². The van der Waals surface area contributed by atoms with E-state index < -0.39 is 15.9 Å². The van der Waals surface area contributed by atoms with E-state index in [2.05, 4.69) is 5.32 Å². The van der Waals surface area contributed by atoms with Crippen molar-refractivity contribution in [1.82, 2.24) is 10.2 Å². The molecule has 1 saturated heterocycles. The summed E-state index contributed by atoms with van der Waals surface area (Å²) in [6.45, 7) is 1.57. The Kier molecular flexibility index (Phi) is 7.36. The van der Waals surface area contributed by atoms with Crippen molar-refractivity contribution in [2.24, 2.45) is 0 Å². The van der Waals surface area contributed by atoms with E-state index in [1.165, 1.54) is 23.6 Å². The largest absolute Gasteiger partial charge is 0.467 e. The van der Waals surface area contributed by atoms with Gasteiger partial charge in [0.15, 0.2) is 0 Å². The number of nitrogens with zero attached hydrogens (tertiary/aromatic N) is 1. The molecule has 1 unspecified atom stereocenters. The Bertz CT molecular complexity index is 973. The first-order valence-electron chi connectivity index (χ1n) is 8.52. The normalized spacial score (nSPS) is 16.8. The SMILES string of the molecule is CC(=O)NC(Oc1ccc(C=C2SC(=S)N(Cc3ccco3)C2=O)cc1)C(Cl)(Cl)Cl. The van der Waals surface area contributed by atoms with E-state index in [9.17, 15) is 9.59 Å². The van der Waals surface area contributed by atoms with Gasteiger partial charge in [-0.05, 0) is 35.9 Å². The minimum absolute atomic E-state index is 0.191. The quantitative estimate of drug-likeness (QED) is 0.261. The number of alkyl halides is 3. The second-order valence-electron chi connectivity index (χ2n) is 6.16. The lowest BCUT2D eigenvalue weighted by Gasteiger charge is -2.25. The Hall–Kier alpha value is -1.71. The molecule has 0 aliphatic carbocycles. The van der Waals surface area contributed by atoms with Gasteiger partial charge in [0, 0.05) is 6.92 Å². The van der Waals surface area contributed by atoms with Gasteiger partial charge >= 0.3 is 0 Å². The molecule has 11 heteroatoms. The summed E-state index contributed by atoms with van der Waals surface area (Å²) in [7, 11) is 0. The molecule has 0 radical (unpaired) electrons. The summed E-state index contributed by atoms with van der Waals surface area (Å²) in [5.74, 6) is 0.433. The van der Waals surface area contributed by atoms with E-state index in [4.69, 9.17) is 56.2 Å². The van der Waals surface area contributed by atoms with Gasteiger partial charge in [-0.25, -0.2) is 0 Å². The van der Waals surface area contributed by atoms with E-state index in [0.717, 1.165) is 5.56 Å². The molecule has 2 aromatic rings. The van der Waals surface area contributed by atoms with Crippen LogP contribution < -0.4 is 10.1 Å². The molecule has 6 nitrogen and oxygen atoms in total. The fourth-order valence-electron chi connectivity index (χ4n) is 2.49. The maximum absolute atomic E-state index is 12.7. The first kappa shape index (κ1) is 23.0. The number of hydrogen-bond acceptors (Lipinski definition) is 6. The maximum atomic E-state index is 12.7. The highest BCUT2D eigenvalue weighted by Gasteiger charge is 2.36. The van der Waals surface area contributed by atoms with Crippen LogP contribution in [-0.2, 0) is 16.1 Å². The number of nitrogens with one attached hydrogen (secondary N) is 1. The predicted molar refractivity (Wildman–Crippen MR) is 122 cm³/mol. The van der Waals surface area contributed by atoms with E-state index in [1.807, 2.05) is 0 Å². The molecule has 158 valence electrons. The number of thioether (sulfide) groups is 1. The molecule has 1 aliphatic heterocycles. The molecule has 2 amide bonds. The van der Waals surface area contributed by atoms with Gasteiger partial charge in [-0.2, -0.15) is 0 Å². The molecule has 0 saturated carbocycles. The molecule has 3 rings (SSSR count). The minimum Gasteiger partial charge on any atom is -0.467 e. The Labute approximate surface area is 197 Å². The molecule has 1 atom stereocenters. The predicted octanol–water partition coefficient (Wildman–Crippen LogP) is 4.89. The van der Waals surface area contributed by atoms with E-state index in [0.29, 0.717) is 20.7 Å². The smallest absolute Gasteiger partial charge is 0.266 e. The van der Waals surface area contributed by atoms with Gasteiger partial charge in [-0.3, -0.25) is 14.5 Å². The summed E-state index contributed by atoms with van der Waals surface area (Å²) in [6, 6.07) is 10.3. The molecule has 2 heterocycles. The topological polar surface area (TPSA) is 71.8 Å². The molecule has 1 aromatic carbocycles. The number of amides is 2. The minimum atomic E-state index is -1.85. The van der Waals surface area contributed by atoms with Crippen LogP contribution in [0.5, 0.6) is 5.75 Å². The fraction of sp³-hybridized carbons (Fsp3) is 0.211. The van der Waals surface area contributed by atoms with Crippen molar-refractivity contribution in [2.45, 2.75) is 23.5 Å². The third-order valence-corrected chi connectivity index (χ3v) is 5.80. The fourth-order valence-corrected chi connectivity index (χ4v) is 4.04. The monoisotopic (exact) mass is 504 g/mol. The Balaban J connectivity index is 1.70. The summed E-state index contributed by atoms with van der Waals surface area (Å²) in [6.07, 6.45) is 2.11. The van der Waals surface area contributed by atoms with Crippen molar-refractivity contribution >= 4 is 81.0 Å². The molecule has 30 heavy (non-hydrogen) atoms. The lowest BCUT2D eigenvalue weighted by Crippen LogP contribution is -2.47. The van der Waals surface area contributed by atoms with Gasteiger partial charge in [0.05, 0.1) is 17.7 Å². The van der Waals surface area contributed by atoms with Crippen LogP contribution in [0.2, 0.25) is 0 Å². The molecular weight excluding hydrogens is 491 g/mol. The average molecular weight is 506 g/mol. The van der Waals surface area contributed by atoms with Gasteiger partial charge in [-0.1, -0.05) is 70.9 Å². The zero-order valence-electron chi connectivity index (χ0n) is 15.4. The van der Waals surface area contributed by atoms with Gasteiger partial charge in [0.2, 0.25) is 15.9 Å². The van der Waals surface area contributed by atoms with Crippen molar-refractivity contribution in [2.75, 3.05) is 0 Å². The maximum Gasteiger partial charge on any atom is 0.266 e. The van der Waals surface area contributed by atoms with Gasteiger partial charge < -0.3 is 14.5 Å². The van der Waals surface area contributed by atoms with Crippen LogP contribution in [-0.4, -0.2) is 31.1 Å². The number of benzene rings is 1. The van der Waals surface area contributed by atoms with Gasteiger partial charge in [-0.15, -0.1) is 0 Å². The summed E-state index contributed by atoms with van der Waals surface area (Å²) in [5, 5.41) is 2.43. The number of rotatable bonds is 6. The first-order valence-corrected chi connectivity index (χ1v) is 10.9. The number of thiocarbonyl (C=S) groups is 1. The van der Waals surface area contributed by atoms with Crippen molar-refractivity contribution in [3.63, 3.8) is 0 Å². The van der Waals surface area contributed by atoms with E-state index in [1.54, 1.807) is 48.7 Å². The number of carbonyl (C=O) groups excluding carboxylic acids is 2. The Morgan fingerprint density at radius 2 is 2.03 bits per heavy atom. The van der Waals surface area contributed by atoms with E-state index >= 15 is 0 Å². The average Bonchev–Trinajstić information content (AvgIpc) is 3.26. The van der Waals surface area contributed by atoms with Crippen LogP contribution in [0.3, 0.4) is 0 Å². The number of furan rings is 1. The van der Waals surface area contributed by atoms with Gasteiger partial charge in [0.1, 0.15) is 15.8 Å². The van der Waals surface area contributed by atoms with Crippen LogP contribution in [0, 0.1) is 0 Å². The molecule has 1 fully saturated rings. The first-order chi connectivity index (χ1) is 14.1. The molecule has 0 spiro atoms. The van der Waals surface area contributed by atoms with Crippen molar-refractivity contribution < 1.29 is 18.7 Å². The lowest BCUT2D eigenvalue weighted by atomic mass is 10.2. The molecular formula is C19H15Cl3N2O4S2. The highest BCUT2D eigenvalue weighted by Crippen LogP contribution is 2.34. The zero-order chi connectivity index (χ0) is 21.9. The molecule has 1 aromatic heterocycles. The number of carbonyl (C=O) groups is 2. The molecule has 1 aliphatic rings. The second kappa shape index (κ2) is 9.62. The van der Waals surface area contributed by atoms with Crippen LogP contribution in [0.1, 0.15) is 18.2 Å². The summed E-state index contributed by atoms with van der Waals surface area (Å²) < 4.78 is 9.46. The summed E-state index contributed by atoms with van der Waals surface area (Å²) in [4.78, 5) is 25.9. The standard InChI is InChI=1S/C19H15Cl3N2O4S2/c1-11(25)23-17(19(20,21)22)28-13-6-4-12(5-7-13)9-15-16(26)24(18(29)30-15)10-14-3-2-8-27-14/h2-9,17H,10H2,1H3,(H,23,25). The third kappa shape index (κ3) is 5.92. The Morgan fingerprint density at radius 1 is 1.33 bits per heavy atom. The van der Waals surface area contributed by atoms with Gasteiger partial charge in [0.25, 0.3) is 5.91 Å². The van der Waals surface area contributed by atoms with Crippen LogP contribution in [0.4, 0.5) is 0 Å². The van der Waals surface area contributed by atoms with E-state index in [-0.39, 0.29) is 12.5 Å². The van der Waals surface area contributed by atoms with Crippen LogP contribution in [0.15, 0.2) is 52.0 Å².